The molecule has 3 aromatic rings. The fourth-order valence-corrected chi connectivity index (χ4v) is 8.85. The summed E-state index contributed by atoms with van der Waals surface area (Å²) < 4.78 is 94.0. The molecule has 0 spiro atoms. The fourth-order valence-electron chi connectivity index (χ4n) is 7.49. The minimum Gasteiger partial charge on any atom is -0.497 e. The molecule has 1 aromatic heterocycles. The number of allylic oxidation sites excluding steroid dienone is 1. The van der Waals surface area contributed by atoms with Gasteiger partial charge in [0.2, 0.25) is 27.7 Å². The summed E-state index contributed by atoms with van der Waals surface area (Å²) in [6, 6.07) is 9.25. The molecule has 4 amide bonds. The van der Waals surface area contributed by atoms with Gasteiger partial charge in [-0.15, -0.1) is 13.2 Å². The summed E-state index contributed by atoms with van der Waals surface area (Å²) in [7, 11) is -2.50. The van der Waals surface area contributed by atoms with E-state index in [1.807, 2.05) is 6.08 Å². The van der Waals surface area contributed by atoms with E-state index in [9.17, 15) is 40.8 Å². The number of carbonyl (C=O) groups excluding carboxylic acids is 4. The van der Waals surface area contributed by atoms with Gasteiger partial charge in [0, 0.05) is 29.9 Å². The number of hydrogen-bond donors (Lipinski definition) is 3. The lowest BCUT2D eigenvalue weighted by molar-refractivity contribution is -0.274. The highest BCUT2D eigenvalue weighted by Crippen LogP contribution is 2.46. The minimum atomic E-state index is -4.89. The van der Waals surface area contributed by atoms with Gasteiger partial charge < -0.3 is 39.2 Å². The Morgan fingerprint density at radius 2 is 1.76 bits per heavy atom. The highest BCUT2D eigenvalue weighted by atomic mass is 32.2. The van der Waals surface area contributed by atoms with E-state index in [1.54, 1.807) is 51.1 Å². The number of benzene rings is 2. The molecule has 334 valence electrons. The van der Waals surface area contributed by atoms with Gasteiger partial charge in [-0.3, -0.25) is 19.1 Å². The van der Waals surface area contributed by atoms with E-state index in [1.165, 1.54) is 24.1 Å². The van der Waals surface area contributed by atoms with Crippen LogP contribution >= 0.6 is 0 Å². The number of fused-ring (bicyclic) bond motifs is 3. The Morgan fingerprint density at radius 1 is 1.03 bits per heavy atom. The SMILES string of the molecule is COc1ccc2c(OC3C[C@H]4C(=O)N[C@]5(C(=O)NS(=O)(=O)C6CC6)CC5/C=C\CCCOC[C@H](NC(=O)OC(C)(C)C)C(=O)N4C3)nc(-c3ccc(OC(F)(F)F)cc3)cc2c1. The van der Waals surface area contributed by atoms with Crippen LogP contribution in [0.1, 0.15) is 59.3 Å². The van der Waals surface area contributed by atoms with Crippen molar-refractivity contribution in [2.75, 3.05) is 26.9 Å². The Balaban J connectivity index is 1.23. The van der Waals surface area contributed by atoms with E-state index < -0.39 is 86.4 Å². The Hall–Kier alpha value is -5.63. The van der Waals surface area contributed by atoms with Crippen molar-refractivity contribution < 1.29 is 64.5 Å². The van der Waals surface area contributed by atoms with Crippen molar-refractivity contribution in [2.45, 2.75) is 100 Å². The standard InChI is InChI=1S/C42H48F3N5O11S/c1-40(2,3)61-39(54)47-33-23-58-17-7-5-6-8-26-21-41(26,38(53)49-62(55,56)30-14-15-30)48-35(51)34-20-29(22-50(34)37(33)52)59-36-31-16-13-28(57-4)18-25(31)19-32(46-36)24-9-11-27(12-10-24)60-42(43,44)45/h6,8-13,16,18-19,26,29-30,33-34H,5,7,14-15,17,20-23H2,1-4H3,(H,47,54)(H,48,51)(H,49,53)/b8-6-/t26?,29?,33-,34-,41+/m0/s1. The molecule has 3 heterocycles. The second-order valence-electron chi connectivity index (χ2n) is 16.7. The summed E-state index contributed by atoms with van der Waals surface area (Å²) in [6.07, 6.45) is -1.31. The Bertz CT molecular complexity index is 2350. The number of nitrogens with one attached hydrogen (secondary N) is 3. The molecule has 0 bridgehead atoms. The van der Waals surface area contributed by atoms with Gasteiger partial charge in [-0.1, -0.05) is 12.2 Å². The first kappa shape index (κ1) is 44.4. The molecule has 7 rings (SSSR count). The van der Waals surface area contributed by atoms with Gasteiger partial charge in [-0.25, -0.2) is 18.2 Å². The number of pyridine rings is 1. The molecule has 5 atom stereocenters. The number of methoxy groups -OCH3 is 1. The van der Waals surface area contributed by atoms with E-state index in [0.717, 1.165) is 12.1 Å². The molecule has 1 saturated heterocycles. The highest BCUT2D eigenvalue weighted by molar-refractivity contribution is 7.91. The number of nitrogens with zero attached hydrogens (tertiary/aromatic N) is 2. The number of amides is 4. The normalized spacial score (nSPS) is 25.2. The van der Waals surface area contributed by atoms with Crippen molar-refractivity contribution in [3.63, 3.8) is 0 Å². The Kier molecular flexibility index (Phi) is 12.4. The van der Waals surface area contributed by atoms with Gasteiger partial charge in [-0.2, -0.15) is 0 Å². The van der Waals surface area contributed by atoms with Crippen LogP contribution in [0.25, 0.3) is 22.0 Å². The summed E-state index contributed by atoms with van der Waals surface area (Å²) in [6.45, 7) is 4.69. The molecule has 2 aliphatic carbocycles. The minimum absolute atomic E-state index is 0.0663. The lowest BCUT2D eigenvalue weighted by Crippen LogP contribution is -2.59. The molecule has 16 nitrogen and oxygen atoms in total. The van der Waals surface area contributed by atoms with Crippen molar-refractivity contribution in [3.8, 4) is 28.6 Å². The maximum atomic E-state index is 14.6. The van der Waals surface area contributed by atoms with Crippen molar-refractivity contribution in [1.82, 2.24) is 25.2 Å². The zero-order chi connectivity index (χ0) is 44.6. The molecule has 4 aliphatic rings. The van der Waals surface area contributed by atoms with Crippen molar-refractivity contribution in [1.29, 1.82) is 0 Å². The zero-order valence-electron chi connectivity index (χ0n) is 34.5. The monoisotopic (exact) mass is 887 g/mol. The average molecular weight is 888 g/mol. The van der Waals surface area contributed by atoms with Gasteiger partial charge in [0.1, 0.15) is 40.8 Å². The van der Waals surface area contributed by atoms with Crippen LogP contribution in [-0.2, 0) is 33.9 Å². The van der Waals surface area contributed by atoms with Crippen LogP contribution in [0, 0.1) is 5.92 Å². The van der Waals surface area contributed by atoms with Crippen LogP contribution in [0.2, 0.25) is 0 Å². The van der Waals surface area contributed by atoms with Gasteiger partial charge >= 0.3 is 12.5 Å². The number of aromatic nitrogens is 1. The first-order valence-corrected chi connectivity index (χ1v) is 21.7. The summed E-state index contributed by atoms with van der Waals surface area (Å²) in [5.74, 6) is -2.77. The van der Waals surface area contributed by atoms with Gasteiger partial charge in [0.15, 0.2) is 0 Å². The largest absolute Gasteiger partial charge is 0.573 e. The third kappa shape index (κ3) is 10.5. The average Bonchev–Trinajstić information content (AvgIpc) is 4.12. The number of carbonyl (C=O) groups is 4. The first-order valence-electron chi connectivity index (χ1n) is 20.2. The highest BCUT2D eigenvalue weighted by Gasteiger charge is 2.62. The molecule has 62 heavy (non-hydrogen) atoms. The second kappa shape index (κ2) is 17.3. The predicted octanol–water partition coefficient (Wildman–Crippen LogP) is 4.90. The van der Waals surface area contributed by atoms with E-state index in [-0.39, 0.29) is 38.5 Å². The van der Waals surface area contributed by atoms with E-state index >= 15 is 0 Å². The molecule has 2 aromatic carbocycles. The maximum Gasteiger partial charge on any atom is 0.573 e. The van der Waals surface area contributed by atoms with Crippen LogP contribution in [0.3, 0.4) is 0 Å². The quantitative estimate of drug-likeness (QED) is 0.246. The van der Waals surface area contributed by atoms with Crippen LogP contribution in [0.4, 0.5) is 18.0 Å². The molecule has 2 unspecified atom stereocenters. The molecule has 0 radical (unpaired) electrons. The van der Waals surface area contributed by atoms with Crippen molar-refractivity contribution in [2.24, 2.45) is 5.92 Å². The number of alkyl halides is 3. The molecular weight excluding hydrogens is 840 g/mol. The van der Waals surface area contributed by atoms with Crippen molar-refractivity contribution >= 4 is 44.6 Å². The Morgan fingerprint density at radius 3 is 2.44 bits per heavy atom. The molecular formula is C42H48F3N5O11S. The third-order valence-corrected chi connectivity index (χ3v) is 12.6. The molecule has 3 N–H and O–H groups in total. The third-order valence-electron chi connectivity index (χ3n) is 10.8. The second-order valence-corrected chi connectivity index (χ2v) is 18.7. The van der Waals surface area contributed by atoms with Crippen LogP contribution in [0.15, 0.2) is 60.7 Å². The van der Waals surface area contributed by atoms with Gasteiger partial charge in [-0.05, 0) is 107 Å². The zero-order valence-corrected chi connectivity index (χ0v) is 35.3. The number of rotatable bonds is 9. The lowest BCUT2D eigenvalue weighted by Gasteiger charge is -2.30. The number of alkyl carbamates (subject to hydrolysis) is 1. The fraction of sp³-hybridized carbons (Fsp3) is 0.500. The summed E-state index contributed by atoms with van der Waals surface area (Å²) in [4.78, 5) is 61.9. The molecule has 2 aliphatic heterocycles. The molecule has 20 heteroatoms. The van der Waals surface area contributed by atoms with E-state index in [2.05, 4.69) is 20.1 Å². The number of halogens is 3. The van der Waals surface area contributed by atoms with Crippen molar-refractivity contribution in [3.05, 3.63) is 60.7 Å². The smallest absolute Gasteiger partial charge is 0.497 e. The van der Waals surface area contributed by atoms with E-state index in [4.69, 9.17) is 23.9 Å². The topological polar surface area (TPSA) is 201 Å². The summed E-state index contributed by atoms with van der Waals surface area (Å²) in [5.41, 5.74) is -1.81. The van der Waals surface area contributed by atoms with Gasteiger partial charge in [0.05, 0.1) is 31.2 Å². The predicted molar refractivity (Wildman–Crippen MR) is 216 cm³/mol. The summed E-state index contributed by atoms with van der Waals surface area (Å²) >= 11 is 0. The number of hydrogen-bond acceptors (Lipinski definition) is 12. The van der Waals surface area contributed by atoms with E-state index in [0.29, 0.717) is 53.5 Å². The Labute approximate surface area is 355 Å². The van der Waals surface area contributed by atoms with Crippen LogP contribution in [-0.4, -0.2) is 110 Å². The van der Waals surface area contributed by atoms with Crippen LogP contribution in [0.5, 0.6) is 17.4 Å². The number of sulfonamides is 1. The number of ether oxygens (including phenoxy) is 5. The maximum absolute atomic E-state index is 14.6. The van der Waals surface area contributed by atoms with Gasteiger partial charge in [0.25, 0.3) is 5.91 Å². The molecule has 2 saturated carbocycles. The van der Waals surface area contributed by atoms with Crippen LogP contribution < -0.4 is 29.6 Å². The lowest BCUT2D eigenvalue weighted by atomic mass is 10.1. The molecule has 3 fully saturated rings. The first-order chi connectivity index (χ1) is 29.2. The summed E-state index contributed by atoms with van der Waals surface area (Å²) in [5, 5.41) is 5.78.